The number of benzene rings is 2. The highest BCUT2D eigenvalue weighted by Crippen LogP contribution is 2.33. The van der Waals surface area contributed by atoms with E-state index in [1.165, 1.54) is 44.6 Å². The van der Waals surface area contributed by atoms with E-state index in [2.05, 4.69) is 0 Å². The Morgan fingerprint density at radius 1 is 0.967 bits per heavy atom. The first-order chi connectivity index (χ1) is 13.9. The van der Waals surface area contributed by atoms with Crippen LogP contribution in [-0.4, -0.2) is 40.3 Å². The Kier molecular flexibility index (Phi) is 6.77. The summed E-state index contributed by atoms with van der Waals surface area (Å²) in [5, 5.41) is 0. The predicted molar refractivity (Wildman–Crippen MR) is 111 cm³/mol. The van der Waals surface area contributed by atoms with Crippen LogP contribution in [0.5, 0.6) is 5.75 Å². The van der Waals surface area contributed by atoms with Gasteiger partial charge in [0, 0.05) is 0 Å². The molecule has 0 fully saturated rings. The van der Waals surface area contributed by atoms with Gasteiger partial charge in [0.05, 0.1) is 30.4 Å². The third kappa shape index (κ3) is 4.91. The third-order valence-electron chi connectivity index (χ3n) is 4.00. The zero-order valence-electron chi connectivity index (χ0n) is 17.8. The number of methoxy groups -OCH3 is 2. The maximum absolute atomic E-state index is 13.5. The molecule has 9 heteroatoms. The number of aryl methyl sites for hydroxylation is 1. The summed E-state index contributed by atoms with van der Waals surface area (Å²) in [6.45, 7) is 6.43. The van der Waals surface area contributed by atoms with Gasteiger partial charge in [-0.2, -0.15) is 4.31 Å². The van der Waals surface area contributed by atoms with E-state index in [0.29, 0.717) is 15.6 Å². The largest absolute Gasteiger partial charge is 0.497 e. The van der Waals surface area contributed by atoms with Gasteiger partial charge >= 0.3 is 12.1 Å². The van der Waals surface area contributed by atoms with Gasteiger partial charge in [0.15, 0.2) is 0 Å². The number of hydrogen-bond donors (Lipinski definition) is 0. The van der Waals surface area contributed by atoms with E-state index in [9.17, 15) is 18.0 Å². The van der Waals surface area contributed by atoms with Crippen LogP contribution in [-0.2, 0) is 19.5 Å². The molecule has 0 saturated carbocycles. The van der Waals surface area contributed by atoms with Crippen molar-refractivity contribution in [3.8, 4) is 5.75 Å². The molecule has 0 heterocycles. The van der Waals surface area contributed by atoms with Crippen molar-refractivity contribution in [1.29, 1.82) is 0 Å². The summed E-state index contributed by atoms with van der Waals surface area (Å²) in [5.41, 5.74) is -0.811. The number of amides is 1. The number of anilines is 1. The first kappa shape index (κ1) is 23.2. The molecule has 2 rings (SSSR count). The van der Waals surface area contributed by atoms with Gasteiger partial charge in [-0.05, 0) is 63.6 Å². The number of para-hydroxylation sites is 1. The van der Waals surface area contributed by atoms with E-state index < -0.39 is 27.7 Å². The summed E-state index contributed by atoms with van der Waals surface area (Å²) >= 11 is 0. The van der Waals surface area contributed by atoms with E-state index in [0.717, 1.165) is 0 Å². The summed E-state index contributed by atoms with van der Waals surface area (Å²) in [6, 6.07) is 10.1. The van der Waals surface area contributed by atoms with Crippen LogP contribution in [0.15, 0.2) is 47.4 Å². The van der Waals surface area contributed by atoms with Crippen LogP contribution in [0, 0.1) is 6.92 Å². The van der Waals surface area contributed by atoms with Gasteiger partial charge in [0.25, 0.3) is 10.0 Å². The zero-order valence-corrected chi connectivity index (χ0v) is 18.6. The standard InChI is InChI=1S/C21H25NO7S/c1-14-8-7-9-17(19(23)28-6)18(14)22(20(24)29-21(2,3)4)30(25,26)16-12-10-15(27-5)11-13-16/h7-13H,1-6H3. The van der Waals surface area contributed by atoms with E-state index in [1.54, 1.807) is 39.8 Å². The molecule has 0 atom stereocenters. The van der Waals surface area contributed by atoms with E-state index in [4.69, 9.17) is 14.2 Å². The third-order valence-corrected chi connectivity index (χ3v) is 5.68. The fourth-order valence-corrected chi connectivity index (χ4v) is 4.08. The number of esters is 1. The van der Waals surface area contributed by atoms with Gasteiger partial charge in [-0.3, -0.25) is 0 Å². The molecule has 0 bridgehead atoms. The number of carbonyl (C=O) groups is 2. The highest BCUT2D eigenvalue weighted by atomic mass is 32.2. The fourth-order valence-electron chi connectivity index (χ4n) is 2.67. The molecule has 2 aromatic carbocycles. The minimum atomic E-state index is -4.44. The Hall–Kier alpha value is -3.07. The molecule has 1 amide bonds. The zero-order chi connectivity index (χ0) is 22.7. The van der Waals surface area contributed by atoms with Gasteiger partial charge in [-0.25, -0.2) is 18.0 Å². The number of hydrogen-bond acceptors (Lipinski definition) is 7. The molecule has 0 N–H and O–H groups in total. The maximum Gasteiger partial charge on any atom is 0.429 e. The van der Waals surface area contributed by atoms with Crippen LogP contribution < -0.4 is 9.04 Å². The number of carbonyl (C=O) groups excluding carboxylic acids is 2. The summed E-state index contributed by atoms with van der Waals surface area (Å²) in [7, 11) is -1.82. The lowest BCUT2D eigenvalue weighted by Crippen LogP contribution is -2.42. The predicted octanol–water partition coefficient (Wildman–Crippen LogP) is 3.92. The Balaban J connectivity index is 2.77. The van der Waals surface area contributed by atoms with Gasteiger partial charge in [-0.1, -0.05) is 12.1 Å². The molecular weight excluding hydrogens is 410 g/mol. The van der Waals surface area contributed by atoms with Crippen molar-refractivity contribution < 1.29 is 32.2 Å². The van der Waals surface area contributed by atoms with Crippen LogP contribution in [0.4, 0.5) is 10.5 Å². The molecule has 162 valence electrons. The molecule has 2 aromatic rings. The molecular formula is C21H25NO7S. The van der Waals surface area contributed by atoms with E-state index in [-0.39, 0.29) is 16.1 Å². The molecule has 0 aliphatic heterocycles. The highest BCUT2D eigenvalue weighted by molar-refractivity contribution is 7.93. The lowest BCUT2D eigenvalue weighted by Gasteiger charge is -2.29. The first-order valence-electron chi connectivity index (χ1n) is 9.02. The quantitative estimate of drug-likeness (QED) is 0.656. The van der Waals surface area contributed by atoms with Crippen molar-refractivity contribution in [2.45, 2.75) is 38.2 Å². The van der Waals surface area contributed by atoms with Crippen LogP contribution in [0.3, 0.4) is 0 Å². The molecule has 0 spiro atoms. The van der Waals surface area contributed by atoms with Gasteiger partial charge in [0.1, 0.15) is 11.4 Å². The number of rotatable bonds is 5. The van der Waals surface area contributed by atoms with Gasteiger partial charge < -0.3 is 14.2 Å². The smallest absolute Gasteiger partial charge is 0.429 e. The molecule has 0 aromatic heterocycles. The Labute approximate surface area is 176 Å². The molecule has 0 radical (unpaired) electrons. The van der Waals surface area contributed by atoms with Gasteiger partial charge in [0.2, 0.25) is 0 Å². The SMILES string of the molecule is COC(=O)c1cccc(C)c1N(C(=O)OC(C)(C)C)S(=O)(=O)c1ccc(OC)cc1. The van der Waals surface area contributed by atoms with Crippen LogP contribution >= 0.6 is 0 Å². The fraction of sp³-hybridized carbons (Fsp3) is 0.333. The minimum Gasteiger partial charge on any atom is -0.497 e. The van der Waals surface area contributed by atoms with Crippen LogP contribution in [0.2, 0.25) is 0 Å². The number of sulfonamides is 1. The monoisotopic (exact) mass is 435 g/mol. The normalized spacial score (nSPS) is 11.5. The average Bonchev–Trinajstić information content (AvgIpc) is 2.67. The topological polar surface area (TPSA) is 99.2 Å². The Bertz CT molecular complexity index is 1040. The number of nitrogens with zero attached hydrogens (tertiary/aromatic N) is 1. The highest BCUT2D eigenvalue weighted by Gasteiger charge is 2.38. The van der Waals surface area contributed by atoms with Crippen molar-refractivity contribution in [2.24, 2.45) is 0 Å². The van der Waals surface area contributed by atoms with E-state index >= 15 is 0 Å². The second kappa shape index (κ2) is 8.74. The lowest BCUT2D eigenvalue weighted by atomic mass is 10.1. The van der Waals surface area contributed by atoms with Crippen LogP contribution in [0.1, 0.15) is 36.7 Å². The second-order valence-electron chi connectivity index (χ2n) is 7.39. The summed E-state index contributed by atoms with van der Waals surface area (Å²) in [4.78, 5) is 25.2. The van der Waals surface area contributed by atoms with Gasteiger partial charge in [-0.15, -0.1) is 0 Å². The molecule has 0 saturated heterocycles. The van der Waals surface area contributed by atoms with Crippen molar-refractivity contribution >= 4 is 27.8 Å². The summed E-state index contributed by atoms with van der Waals surface area (Å²) in [5.74, 6) is -0.337. The van der Waals surface area contributed by atoms with Crippen molar-refractivity contribution in [2.75, 3.05) is 18.5 Å². The van der Waals surface area contributed by atoms with Crippen molar-refractivity contribution in [3.05, 3.63) is 53.6 Å². The Morgan fingerprint density at radius 2 is 1.57 bits per heavy atom. The number of ether oxygens (including phenoxy) is 3. The lowest BCUT2D eigenvalue weighted by molar-refractivity contribution is 0.0600. The summed E-state index contributed by atoms with van der Waals surface area (Å²) in [6.07, 6.45) is -1.14. The van der Waals surface area contributed by atoms with Crippen molar-refractivity contribution in [1.82, 2.24) is 0 Å². The molecule has 8 nitrogen and oxygen atoms in total. The second-order valence-corrected chi connectivity index (χ2v) is 9.17. The molecule has 0 aliphatic rings. The molecule has 0 aliphatic carbocycles. The minimum absolute atomic E-state index is 0.0829. The molecule has 0 unspecified atom stereocenters. The van der Waals surface area contributed by atoms with Crippen molar-refractivity contribution in [3.63, 3.8) is 0 Å². The van der Waals surface area contributed by atoms with E-state index in [1.807, 2.05) is 0 Å². The first-order valence-corrected chi connectivity index (χ1v) is 10.5. The maximum atomic E-state index is 13.5. The summed E-state index contributed by atoms with van der Waals surface area (Å²) < 4.78 is 42.7. The van der Waals surface area contributed by atoms with Crippen LogP contribution in [0.25, 0.3) is 0 Å². The Morgan fingerprint density at radius 3 is 2.07 bits per heavy atom. The average molecular weight is 435 g/mol. The molecule has 30 heavy (non-hydrogen) atoms.